The van der Waals surface area contributed by atoms with Crippen molar-refractivity contribution in [2.45, 2.75) is 32.2 Å². The first-order chi connectivity index (χ1) is 8.63. The van der Waals surface area contributed by atoms with Crippen molar-refractivity contribution in [3.05, 3.63) is 35.2 Å². The molecule has 1 fully saturated rings. The number of ketones is 1. The lowest BCUT2D eigenvalue weighted by molar-refractivity contribution is 0.0805. The van der Waals surface area contributed by atoms with Gasteiger partial charge in [0.25, 0.3) is 0 Å². The average molecular weight is 259 g/mol. The summed E-state index contributed by atoms with van der Waals surface area (Å²) in [4.78, 5) is 12.8. The molecule has 2 nitrogen and oxygen atoms in total. The molecular formula is C15H17NOS. The van der Waals surface area contributed by atoms with Crippen LogP contribution < -0.4 is 5.73 Å². The molecule has 0 amide bonds. The van der Waals surface area contributed by atoms with E-state index in [-0.39, 0.29) is 17.2 Å². The number of carbonyl (C=O) groups is 1. The molecule has 0 spiro atoms. The van der Waals surface area contributed by atoms with Gasteiger partial charge in [-0.15, -0.1) is 11.3 Å². The van der Waals surface area contributed by atoms with Crippen LogP contribution in [0.5, 0.6) is 0 Å². The number of carbonyl (C=O) groups excluding carboxylic acids is 1. The molecule has 0 bridgehead atoms. The molecule has 1 aliphatic carbocycles. The molecule has 2 N–H and O–H groups in total. The third-order valence-electron chi connectivity index (χ3n) is 4.27. The number of hydrogen-bond acceptors (Lipinski definition) is 3. The third kappa shape index (κ3) is 1.62. The molecule has 18 heavy (non-hydrogen) atoms. The van der Waals surface area contributed by atoms with Gasteiger partial charge in [0, 0.05) is 21.7 Å². The molecule has 1 saturated carbocycles. The van der Waals surface area contributed by atoms with Crippen LogP contribution in [0, 0.1) is 5.41 Å². The minimum absolute atomic E-state index is 0.000202. The molecule has 1 aromatic carbocycles. The van der Waals surface area contributed by atoms with E-state index in [1.54, 1.807) is 11.3 Å². The first-order valence-electron chi connectivity index (χ1n) is 6.39. The fourth-order valence-electron chi connectivity index (χ4n) is 2.95. The van der Waals surface area contributed by atoms with Crippen LogP contribution in [-0.2, 0) is 0 Å². The normalized spacial score (nSPS) is 27.8. The van der Waals surface area contributed by atoms with Gasteiger partial charge in [0.2, 0.25) is 0 Å². The van der Waals surface area contributed by atoms with Crippen LogP contribution in [0.15, 0.2) is 29.6 Å². The van der Waals surface area contributed by atoms with Crippen LogP contribution in [0.4, 0.5) is 0 Å². The third-order valence-corrected chi connectivity index (χ3v) is 5.24. The molecule has 1 aromatic heterocycles. The molecule has 0 saturated heterocycles. The maximum absolute atomic E-state index is 12.8. The predicted molar refractivity (Wildman–Crippen MR) is 76.1 cm³/mol. The highest BCUT2D eigenvalue weighted by Gasteiger charge is 2.43. The quantitative estimate of drug-likeness (QED) is 0.837. The minimum Gasteiger partial charge on any atom is -0.327 e. The molecule has 1 aliphatic rings. The number of thiophene rings is 1. The summed E-state index contributed by atoms with van der Waals surface area (Å²) in [6, 6.07) is 8.02. The van der Waals surface area contributed by atoms with Crippen LogP contribution in [-0.4, -0.2) is 11.8 Å². The van der Waals surface area contributed by atoms with Crippen LogP contribution in [0.2, 0.25) is 0 Å². The minimum atomic E-state index is -0.377. The number of rotatable bonds is 2. The zero-order chi connectivity index (χ0) is 12.8. The van der Waals surface area contributed by atoms with Crippen molar-refractivity contribution in [3.63, 3.8) is 0 Å². The van der Waals surface area contributed by atoms with Gasteiger partial charge in [-0.25, -0.2) is 0 Å². The monoisotopic (exact) mass is 259 g/mol. The Hall–Kier alpha value is -1.19. The summed E-state index contributed by atoms with van der Waals surface area (Å²) < 4.78 is 1.10. The zero-order valence-corrected chi connectivity index (χ0v) is 11.3. The predicted octanol–water partition coefficient (Wildman–Crippen LogP) is 3.60. The Kier molecular flexibility index (Phi) is 2.76. The van der Waals surface area contributed by atoms with Crippen molar-refractivity contribution >= 4 is 27.2 Å². The lowest BCUT2D eigenvalue weighted by Crippen LogP contribution is -2.41. The lowest BCUT2D eigenvalue weighted by atomic mass is 9.78. The number of fused-ring (bicyclic) bond motifs is 1. The van der Waals surface area contributed by atoms with E-state index >= 15 is 0 Å². The SMILES string of the molecule is CC1(C(=O)c2cccc3ccsc23)CCCC1N. The second-order valence-corrected chi connectivity index (χ2v) is 6.31. The van der Waals surface area contributed by atoms with E-state index < -0.39 is 0 Å². The van der Waals surface area contributed by atoms with Gasteiger partial charge in [-0.2, -0.15) is 0 Å². The van der Waals surface area contributed by atoms with Crippen LogP contribution >= 0.6 is 11.3 Å². The molecule has 2 atom stereocenters. The van der Waals surface area contributed by atoms with Gasteiger partial charge in [0.1, 0.15) is 0 Å². The van der Waals surface area contributed by atoms with Crippen molar-refractivity contribution in [3.8, 4) is 0 Å². The molecule has 0 radical (unpaired) electrons. The van der Waals surface area contributed by atoms with Gasteiger partial charge < -0.3 is 5.73 Å². The number of Topliss-reactive ketones (excluding diaryl/α,β-unsaturated/α-hetero) is 1. The Bertz CT molecular complexity index is 603. The Balaban J connectivity index is 2.09. The maximum atomic E-state index is 12.8. The van der Waals surface area contributed by atoms with E-state index in [1.165, 1.54) is 0 Å². The van der Waals surface area contributed by atoms with Crippen LogP contribution in [0.3, 0.4) is 0 Å². The first kappa shape index (κ1) is 11.9. The second-order valence-electron chi connectivity index (χ2n) is 5.39. The molecule has 2 aromatic rings. The summed E-state index contributed by atoms with van der Waals surface area (Å²) in [6.07, 6.45) is 2.93. The number of nitrogens with two attached hydrogens (primary N) is 1. The van der Waals surface area contributed by atoms with Crippen LogP contribution in [0.25, 0.3) is 10.1 Å². The fourth-order valence-corrected chi connectivity index (χ4v) is 3.87. The molecule has 1 heterocycles. The van der Waals surface area contributed by atoms with E-state index in [9.17, 15) is 4.79 Å². The van der Waals surface area contributed by atoms with Crippen molar-refractivity contribution in [2.75, 3.05) is 0 Å². The largest absolute Gasteiger partial charge is 0.327 e. The summed E-state index contributed by atoms with van der Waals surface area (Å²) in [5.74, 6) is 0.223. The standard InChI is InChI=1S/C15H17NOS/c1-15(8-3-6-12(15)16)14(17)11-5-2-4-10-7-9-18-13(10)11/h2,4-5,7,9,12H,3,6,8,16H2,1H3. The molecular weight excluding hydrogens is 242 g/mol. The second kappa shape index (κ2) is 4.18. The topological polar surface area (TPSA) is 43.1 Å². The first-order valence-corrected chi connectivity index (χ1v) is 7.27. The van der Waals surface area contributed by atoms with E-state index in [0.717, 1.165) is 34.9 Å². The van der Waals surface area contributed by atoms with Gasteiger partial charge in [0.05, 0.1) is 0 Å². The summed E-state index contributed by atoms with van der Waals surface area (Å²) in [6.45, 7) is 2.03. The van der Waals surface area contributed by atoms with E-state index in [1.807, 2.05) is 24.4 Å². The van der Waals surface area contributed by atoms with Crippen molar-refractivity contribution in [1.82, 2.24) is 0 Å². The highest BCUT2D eigenvalue weighted by Crippen LogP contribution is 2.41. The van der Waals surface area contributed by atoms with Gasteiger partial charge in [-0.05, 0) is 35.7 Å². The van der Waals surface area contributed by atoms with Gasteiger partial charge >= 0.3 is 0 Å². The number of hydrogen-bond donors (Lipinski definition) is 1. The molecule has 94 valence electrons. The van der Waals surface area contributed by atoms with Gasteiger partial charge in [0.15, 0.2) is 5.78 Å². The molecule has 0 aliphatic heterocycles. The Morgan fingerprint density at radius 2 is 2.28 bits per heavy atom. The zero-order valence-electron chi connectivity index (χ0n) is 10.5. The summed E-state index contributed by atoms with van der Waals surface area (Å²) >= 11 is 1.64. The summed E-state index contributed by atoms with van der Waals surface area (Å²) in [7, 11) is 0. The summed E-state index contributed by atoms with van der Waals surface area (Å²) in [5, 5.41) is 3.19. The van der Waals surface area contributed by atoms with Crippen molar-refractivity contribution in [1.29, 1.82) is 0 Å². The molecule has 3 rings (SSSR count). The van der Waals surface area contributed by atoms with Crippen molar-refractivity contribution < 1.29 is 4.79 Å². The van der Waals surface area contributed by atoms with E-state index in [4.69, 9.17) is 5.73 Å². The number of benzene rings is 1. The average Bonchev–Trinajstić information content (AvgIpc) is 2.96. The lowest BCUT2D eigenvalue weighted by Gasteiger charge is -2.27. The molecule has 2 unspecified atom stereocenters. The fraction of sp³-hybridized carbons (Fsp3) is 0.400. The molecule has 3 heteroatoms. The summed E-state index contributed by atoms with van der Waals surface area (Å²) in [5.41, 5.74) is 6.63. The van der Waals surface area contributed by atoms with Crippen molar-refractivity contribution in [2.24, 2.45) is 11.1 Å². The Morgan fingerprint density at radius 3 is 3.00 bits per heavy atom. The maximum Gasteiger partial charge on any atom is 0.171 e. The smallest absolute Gasteiger partial charge is 0.171 e. The Morgan fingerprint density at radius 1 is 1.44 bits per heavy atom. The Labute approximate surface area is 111 Å². The van der Waals surface area contributed by atoms with Gasteiger partial charge in [-0.3, -0.25) is 4.79 Å². The van der Waals surface area contributed by atoms with Gasteiger partial charge in [-0.1, -0.05) is 25.5 Å². The van der Waals surface area contributed by atoms with E-state index in [2.05, 4.69) is 12.1 Å². The highest BCUT2D eigenvalue weighted by atomic mass is 32.1. The van der Waals surface area contributed by atoms with Crippen LogP contribution in [0.1, 0.15) is 36.5 Å². The highest BCUT2D eigenvalue weighted by molar-refractivity contribution is 7.17. The van der Waals surface area contributed by atoms with E-state index in [0.29, 0.717) is 0 Å².